The summed E-state index contributed by atoms with van der Waals surface area (Å²) >= 11 is 0.990. The van der Waals surface area contributed by atoms with E-state index in [0.29, 0.717) is 27.0 Å². The fourth-order valence-electron chi connectivity index (χ4n) is 4.43. The van der Waals surface area contributed by atoms with E-state index in [9.17, 15) is 15.2 Å². The SMILES string of the molecule is Cc1ccc(-[n+]2noc([O-])c2C(=O)c2sc3nc(N)c(C#N)c(-c4cccc5[nH]ccc45)c3c2N)cc1. The minimum atomic E-state index is -0.898. The number of carbonyl (C=O) groups is 1. The van der Waals surface area contributed by atoms with Crippen LogP contribution in [0.3, 0.4) is 0 Å². The van der Waals surface area contributed by atoms with Crippen LogP contribution in [0.2, 0.25) is 0 Å². The van der Waals surface area contributed by atoms with Crippen molar-refractivity contribution in [2.24, 2.45) is 0 Å². The molecule has 0 bridgehead atoms. The molecule has 0 fully saturated rings. The lowest BCUT2D eigenvalue weighted by Crippen LogP contribution is -2.39. The van der Waals surface area contributed by atoms with E-state index in [4.69, 9.17) is 16.0 Å². The van der Waals surface area contributed by atoms with Crippen LogP contribution < -0.4 is 21.3 Å². The maximum atomic E-state index is 13.7. The van der Waals surface area contributed by atoms with E-state index in [2.05, 4.69) is 21.3 Å². The van der Waals surface area contributed by atoms with Gasteiger partial charge >= 0.3 is 5.69 Å². The van der Waals surface area contributed by atoms with Crippen molar-refractivity contribution in [2.75, 3.05) is 11.5 Å². The molecule has 4 aromatic heterocycles. The lowest BCUT2D eigenvalue weighted by Gasteiger charge is -2.11. The van der Waals surface area contributed by atoms with E-state index >= 15 is 0 Å². The number of pyridine rings is 1. The number of aromatic nitrogens is 4. The molecule has 6 aromatic rings. The highest BCUT2D eigenvalue weighted by Crippen LogP contribution is 2.45. The first-order chi connectivity index (χ1) is 17.9. The van der Waals surface area contributed by atoms with Gasteiger partial charge in [-0.15, -0.1) is 11.3 Å². The van der Waals surface area contributed by atoms with Gasteiger partial charge in [-0.3, -0.25) is 4.79 Å². The zero-order valence-electron chi connectivity index (χ0n) is 19.3. The summed E-state index contributed by atoms with van der Waals surface area (Å²) in [6.07, 6.45) is 1.79. The molecular weight excluding hydrogens is 490 g/mol. The van der Waals surface area contributed by atoms with Crippen LogP contribution >= 0.6 is 11.3 Å². The second-order valence-electron chi connectivity index (χ2n) is 8.41. The van der Waals surface area contributed by atoms with Gasteiger partial charge in [0.1, 0.15) is 27.2 Å². The van der Waals surface area contributed by atoms with Gasteiger partial charge in [-0.05, 0) is 29.3 Å². The van der Waals surface area contributed by atoms with Gasteiger partial charge in [0.2, 0.25) is 5.69 Å². The molecule has 6 rings (SSSR count). The number of rotatable bonds is 4. The Morgan fingerprint density at radius 2 is 1.97 bits per heavy atom. The number of aromatic amines is 1. The molecule has 4 heterocycles. The molecule has 0 saturated carbocycles. The zero-order chi connectivity index (χ0) is 25.8. The monoisotopic (exact) mass is 507 g/mol. The van der Waals surface area contributed by atoms with Crippen molar-refractivity contribution in [1.29, 1.82) is 5.26 Å². The van der Waals surface area contributed by atoms with Crippen molar-refractivity contribution in [2.45, 2.75) is 6.92 Å². The number of fused-ring (bicyclic) bond motifs is 2. The number of carbonyl (C=O) groups excluding carboxylic acids is 1. The molecule has 11 heteroatoms. The molecule has 0 atom stereocenters. The van der Waals surface area contributed by atoms with Crippen molar-refractivity contribution < 1.29 is 19.1 Å². The molecule has 0 saturated heterocycles. The topological polar surface area (TPSA) is 175 Å². The number of nitriles is 1. The zero-order valence-corrected chi connectivity index (χ0v) is 20.1. The lowest BCUT2D eigenvalue weighted by atomic mass is 9.94. The van der Waals surface area contributed by atoms with Crippen LogP contribution in [-0.2, 0) is 0 Å². The molecule has 180 valence electrons. The van der Waals surface area contributed by atoms with E-state index in [1.165, 1.54) is 0 Å². The Kier molecular flexibility index (Phi) is 4.92. The average molecular weight is 508 g/mol. The van der Waals surface area contributed by atoms with Gasteiger partial charge in [-0.2, -0.15) is 5.26 Å². The molecule has 0 spiro atoms. The Morgan fingerprint density at radius 3 is 2.73 bits per heavy atom. The van der Waals surface area contributed by atoms with Gasteiger partial charge in [0, 0.05) is 40.2 Å². The summed E-state index contributed by atoms with van der Waals surface area (Å²) in [6.45, 7) is 1.92. The predicted octanol–water partition coefficient (Wildman–Crippen LogP) is 3.36. The Balaban J connectivity index is 1.61. The smallest absolute Gasteiger partial charge is 0.312 e. The Labute approximate surface area is 213 Å². The highest BCUT2D eigenvalue weighted by atomic mass is 32.1. The van der Waals surface area contributed by atoms with Crippen molar-refractivity contribution in [3.63, 3.8) is 0 Å². The number of nitrogen functional groups attached to an aromatic ring is 2. The van der Waals surface area contributed by atoms with Crippen LogP contribution in [0.25, 0.3) is 37.9 Å². The van der Waals surface area contributed by atoms with Gasteiger partial charge in [-0.25, -0.2) is 4.98 Å². The molecule has 37 heavy (non-hydrogen) atoms. The van der Waals surface area contributed by atoms with Crippen molar-refractivity contribution >= 4 is 49.7 Å². The first-order valence-electron chi connectivity index (χ1n) is 11.1. The lowest BCUT2D eigenvalue weighted by molar-refractivity contribution is -0.672. The Bertz CT molecular complexity index is 1910. The maximum absolute atomic E-state index is 13.7. The molecule has 2 aromatic carbocycles. The standard InChI is InChI=1S/C26H17N7O3S/c1-12-5-7-13(8-6-12)33-21(26(35)36-32-33)22(34)23-20(28)19-18(16(11-27)24(29)31-25(19)37-23)15-3-2-4-17-14(15)9-10-30-17/h2-10H,1H3,(H5-,28,29,30,31,32,34,35). The van der Waals surface area contributed by atoms with E-state index in [-0.39, 0.29) is 27.6 Å². The molecule has 0 aliphatic rings. The molecule has 0 unspecified atom stereocenters. The summed E-state index contributed by atoms with van der Waals surface area (Å²) in [4.78, 5) is 21.7. The van der Waals surface area contributed by atoms with Gasteiger partial charge in [-0.1, -0.05) is 29.8 Å². The molecule has 0 amide bonds. The van der Waals surface area contributed by atoms with E-state index in [1.54, 1.807) is 18.3 Å². The van der Waals surface area contributed by atoms with Crippen molar-refractivity contribution in [1.82, 2.24) is 15.2 Å². The molecule has 0 aliphatic heterocycles. The Morgan fingerprint density at radius 1 is 1.19 bits per heavy atom. The quantitative estimate of drug-likeness (QED) is 0.240. The average Bonchev–Trinajstić information content (AvgIpc) is 3.60. The summed E-state index contributed by atoms with van der Waals surface area (Å²) in [6, 6.07) is 16.7. The fraction of sp³-hybridized carbons (Fsp3) is 0.0385. The first-order valence-corrected chi connectivity index (χ1v) is 11.9. The summed E-state index contributed by atoms with van der Waals surface area (Å²) in [5.41, 5.74) is 16.2. The summed E-state index contributed by atoms with van der Waals surface area (Å²) < 4.78 is 5.99. The Hall–Kier alpha value is -5.21. The minimum absolute atomic E-state index is 0.0157. The summed E-state index contributed by atoms with van der Waals surface area (Å²) in [5, 5.41) is 27.6. The van der Waals surface area contributed by atoms with Crippen LogP contribution in [-0.4, -0.2) is 21.0 Å². The number of nitrogens with two attached hydrogens (primary N) is 2. The number of H-pyrrole nitrogens is 1. The number of ketones is 1. The fourth-order valence-corrected chi connectivity index (χ4v) is 5.48. The molecular formula is C26H17N7O3S. The second kappa shape index (κ2) is 8.18. The van der Waals surface area contributed by atoms with Crippen LogP contribution in [0.5, 0.6) is 5.95 Å². The number of anilines is 2. The van der Waals surface area contributed by atoms with Gasteiger partial charge in [0.25, 0.3) is 5.78 Å². The van der Waals surface area contributed by atoms with Crippen molar-refractivity contribution in [3.8, 4) is 28.8 Å². The number of thiophene rings is 1. The number of hydrogen-bond acceptors (Lipinski definition) is 9. The molecule has 0 aliphatic carbocycles. The summed E-state index contributed by atoms with van der Waals surface area (Å²) in [5.74, 6) is -1.55. The van der Waals surface area contributed by atoms with Gasteiger partial charge in [0.05, 0.1) is 11.0 Å². The van der Waals surface area contributed by atoms with E-state index < -0.39 is 11.7 Å². The normalized spacial score (nSPS) is 11.2. The van der Waals surface area contributed by atoms with Crippen molar-refractivity contribution in [3.05, 3.63) is 76.4 Å². The third-order valence-electron chi connectivity index (χ3n) is 6.19. The van der Waals surface area contributed by atoms with Gasteiger partial charge < -0.3 is 26.1 Å². The highest BCUT2D eigenvalue weighted by Gasteiger charge is 2.33. The second-order valence-corrected chi connectivity index (χ2v) is 9.41. The molecule has 0 radical (unpaired) electrons. The third kappa shape index (κ3) is 3.31. The number of hydrogen-bond donors (Lipinski definition) is 3. The number of nitrogens with one attached hydrogen (secondary N) is 1. The largest absolute Gasteiger partial charge is 0.539 e. The van der Waals surface area contributed by atoms with Crippen LogP contribution in [0, 0.1) is 18.3 Å². The summed E-state index contributed by atoms with van der Waals surface area (Å²) in [7, 11) is 0. The predicted molar refractivity (Wildman–Crippen MR) is 136 cm³/mol. The molecule has 10 nitrogen and oxygen atoms in total. The number of benzene rings is 2. The van der Waals surface area contributed by atoms with E-state index in [1.807, 2.05) is 43.3 Å². The van der Waals surface area contributed by atoms with E-state index in [0.717, 1.165) is 32.5 Å². The van der Waals surface area contributed by atoms with Gasteiger partial charge in [0.15, 0.2) is 5.95 Å². The van der Waals surface area contributed by atoms with Crippen LogP contribution in [0.15, 0.2) is 59.3 Å². The number of aryl methyl sites for hydroxylation is 1. The first kappa shape index (κ1) is 22.3. The molecule has 5 N–H and O–H groups in total. The number of nitrogens with zero attached hydrogens (tertiary/aromatic N) is 4. The van der Waals surface area contributed by atoms with Crippen LogP contribution in [0.1, 0.15) is 26.5 Å². The minimum Gasteiger partial charge on any atom is -0.539 e. The maximum Gasteiger partial charge on any atom is 0.312 e. The third-order valence-corrected chi connectivity index (χ3v) is 7.29. The van der Waals surface area contributed by atoms with Crippen LogP contribution in [0.4, 0.5) is 11.5 Å². The highest BCUT2D eigenvalue weighted by molar-refractivity contribution is 7.21.